The third kappa shape index (κ3) is 4.29. The zero-order valence-electron chi connectivity index (χ0n) is 14.9. The Kier molecular flexibility index (Phi) is 5.80. The van der Waals surface area contributed by atoms with E-state index in [4.69, 9.17) is 4.74 Å². The fourth-order valence-electron chi connectivity index (χ4n) is 4.38. The van der Waals surface area contributed by atoms with E-state index in [2.05, 4.69) is 10.6 Å². The summed E-state index contributed by atoms with van der Waals surface area (Å²) in [6.07, 6.45) is 11.1. The summed E-state index contributed by atoms with van der Waals surface area (Å²) >= 11 is 0. The molecule has 3 saturated carbocycles. The second-order valence-electron chi connectivity index (χ2n) is 8.05. The van der Waals surface area contributed by atoms with Crippen LogP contribution in [0.2, 0.25) is 0 Å². The quantitative estimate of drug-likeness (QED) is 0.751. The topological polar surface area (TPSA) is 67.4 Å². The molecule has 24 heavy (non-hydrogen) atoms. The zero-order chi connectivity index (χ0) is 17.0. The Bertz CT molecular complexity index is 456. The molecule has 0 heterocycles. The molecule has 136 valence electrons. The van der Waals surface area contributed by atoms with Crippen LogP contribution in [0.15, 0.2) is 0 Å². The molecular weight excluding hydrogens is 304 g/mol. The van der Waals surface area contributed by atoms with Crippen LogP contribution in [0.1, 0.15) is 70.6 Å². The van der Waals surface area contributed by atoms with E-state index in [9.17, 15) is 9.59 Å². The first-order valence-corrected chi connectivity index (χ1v) is 9.73. The molecule has 0 spiro atoms. The molecule has 0 saturated heterocycles. The number of carbonyl (C=O) groups excluding carboxylic acids is 2. The number of amides is 2. The highest BCUT2D eigenvalue weighted by molar-refractivity contribution is 5.83. The molecule has 0 aromatic heterocycles. The maximum absolute atomic E-state index is 12.9. The molecule has 0 aromatic carbocycles. The summed E-state index contributed by atoms with van der Waals surface area (Å²) in [5.74, 6) is 0.472. The Hall–Kier alpha value is -1.10. The SMILES string of the molecule is COCCC1(C(=O)N[C@@H]2CCC[C@@H](C(=O)NC3CC3)C2)CCCC1. The second-order valence-corrected chi connectivity index (χ2v) is 8.05. The van der Waals surface area contributed by atoms with Gasteiger partial charge in [-0.05, 0) is 51.4 Å². The first kappa shape index (κ1) is 17.7. The molecule has 0 aliphatic heterocycles. The van der Waals surface area contributed by atoms with Crippen LogP contribution in [-0.2, 0) is 14.3 Å². The van der Waals surface area contributed by atoms with Crippen LogP contribution in [0, 0.1) is 11.3 Å². The zero-order valence-corrected chi connectivity index (χ0v) is 14.9. The lowest BCUT2D eigenvalue weighted by Gasteiger charge is -2.33. The number of carbonyl (C=O) groups is 2. The van der Waals surface area contributed by atoms with E-state index in [1.165, 1.54) is 0 Å². The van der Waals surface area contributed by atoms with Crippen molar-refractivity contribution in [1.29, 1.82) is 0 Å². The van der Waals surface area contributed by atoms with Gasteiger partial charge in [0.25, 0.3) is 0 Å². The molecule has 3 aliphatic rings. The molecule has 2 amide bonds. The largest absolute Gasteiger partial charge is 0.385 e. The molecular formula is C19H32N2O3. The average Bonchev–Trinajstić information content (AvgIpc) is 3.26. The number of hydrogen-bond acceptors (Lipinski definition) is 3. The monoisotopic (exact) mass is 336 g/mol. The average molecular weight is 336 g/mol. The molecule has 3 fully saturated rings. The predicted molar refractivity (Wildman–Crippen MR) is 92.4 cm³/mol. The van der Waals surface area contributed by atoms with Crippen LogP contribution in [0.4, 0.5) is 0 Å². The van der Waals surface area contributed by atoms with Gasteiger partial charge in [-0.1, -0.05) is 19.3 Å². The Morgan fingerprint density at radius 3 is 2.42 bits per heavy atom. The van der Waals surface area contributed by atoms with E-state index >= 15 is 0 Å². The van der Waals surface area contributed by atoms with Crippen molar-refractivity contribution < 1.29 is 14.3 Å². The highest BCUT2D eigenvalue weighted by atomic mass is 16.5. The molecule has 2 N–H and O–H groups in total. The molecule has 5 nitrogen and oxygen atoms in total. The molecule has 0 bridgehead atoms. The predicted octanol–water partition coefficient (Wildman–Crippen LogP) is 2.54. The van der Waals surface area contributed by atoms with Crippen LogP contribution >= 0.6 is 0 Å². The van der Waals surface area contributed by atoms with Gasteiger partial charge in [-0.15, -0.1) is 0 Å². The number of nitrogens with one attached hydrogen (secondary N) is 2. The van der Waals surface area contributed by atoms with Crippen LogP contribution in [0.5, 0.6) is 0 Å². The third-order valence-electron chi connectivity index (χ3n) is 6.13. The molecule has 3 rings (SSSR count). The highest BCUT2D eigenvalue weighted by Crippen LogP contribution is 2.41. The fraction of sp³-hybridized carbons (Fsp3) is 0.895. The summed E-state index contributed by atoms with van der Waals surface area (Å²) in [4.78, 5) is 25.2. The lowest BCUT2D eigenvalue weighted by atomic mass is 9.80. The van der Waals surface area contributed by atoms with E-state index in [-0.39, 0.29) is 29.2 Å². The van der Waals surface area contributed by atoms with Crippen LogP contribution in [-0.4, -0.2) is 37.6 Å². The van der Waals surface area contributed by atoms with Crippen molar-refractivity contribution in [1.82, 2.24) is 10.6 Å². The van der Waals surface area contributed by atoms with Crippen molar-refractivity contribution >= 4 is 11.8 Å². The van der Waals surface area contributed by atoms with Gasteiger partial charge in [0.15, 0.2) is 0 Å². The highest BCUT2D eigenvalue weighted by Gasteiger charge is 2.42. The van der Waals surface area contributed by atoms with Crippen molar-refractivity contribution in [2.24, 2.45) is 11.3 Å². The van der Waals surface area contributed by atoms with Crippen molar-refractivity contribution in [2.75, 3.05) is 13.7 Å². The summed E-state index contributed by atoms with van der Waals surface area (Å²) in [7, 11) is 1.70. The Balaban J connectivity index is 1.53. The van der Waals surface area contributed by atoms with E-state index in [1.807, 2.05) is 0 Å². The van der Waals surface area contributed by atoms with Gasteiger partial charge in [0.1, 0.15) is 0 Å². The van der Waals surface area contributed by atoms with Gasteiger partial charge in [0.05, 0.1) is 5.41 Å². The normalized spacial score (nSPS) is 29.2. The smallest absolute Gasteiger partial charge is 0.226 e. The minimum atomic E-state index is -0.237. The van der Waals surface area contributed by atoms with Crippen molar-refractivity contribution in [3.8, 4) is 0 Å². The van der Waals surface area contributed by atoms with Crippen LogP contribution in [0.25, 0.3) is 0 Å². The Morgan fingerprint density at radius 1 is 1.00 bits per heavy atom. The van der Waals surface area contributed by atoms with Crippen LogP contribution in [0.3, 0.4) is 0 Å². The van der Waals surface area contributed by atoms with Gasteiger partial charge in [0.2, 0.25) is 11.8 Å². The number of ether oxygens (including phenoxy) is 1. The minimum absolute atomic E-state index is 0.0724. The molecule has 5 heteroatoms. The molecule has 2 atom stereocenters. The number of methoxy groups -OCH3 is 1. The number of hydrogen-bond donors (Lipinski definition) is 2. The van der Waals surface area contributed by atoms with E-state index in [0.717, 1.165) is 70.6 Å². The molecule has 0 aromatic rings. The summed E-state index contributed by atoms with van der Waals surface area (Å²) in [5, 5.41) is 6.41. The maximum atomic E-state index is 12.9. The van der Waals surface area contributed by atoms with E-state index in [0.29, 0.717) is 12.6 Å². The number of rotatable bonds is 7. The summed E-state index contributed by atoms with van der Waals surface area (Å²) < 4.78 is 5.23. The van der Waals surface area contributed by atoms with E-state index in [1.54, 1.807) is 7.11 Å². The summed E-state index contributed by atoms with van der Waals surface area (Å²) in [6.45, 7) is 0.643. The second kappa shape index (κ2) is 7.85. The lowest BCUT2D eigenvalue weighted by Crippen LogP contribution is -2.48. The fourth-order valence-corrected chi connectivity index (χ4v) is 4.38. The lowest BCUT2D eigenvalue weighted by molar-refractivity contribution is -0.134. The van der Waals surface area contributed by atoms with Crippen molar-refractivity contribution in [3.05, 3.63) is 0 Å². The van der Waals surface area contributed by atoms with Crippen molar-refractivity contribution in [2.45, 2.75) is 82.7 Å². The van der Waals surface area contributed by atoms with Crippen LogP contribution < -0.4 is 10.6 Å². The van der Waals surface area contributed by atoms with Gasteiger partial charge in [0, 0.05) is 31.7 Å². The Morgan fingerprint density at radius 2 is 1.75 bits per heavy atom. The summed E-state index contributed by atoms with van der Waals surface area (Å²) in [6, 6.07) is 0.574. The van der Waals surface area contributed by atoms with Gasteiger partial charge in [-0.25, -0.2) is 0 Å². The van der Waals surface area contributed by atoms with Gasteiger partial charge in [-0.2, -0.15) is 0 Å². The maximum Gasteiger partial charge on any atom is 0.226 e. The molecule has 0 radical (unpaired) electrons. The third-order valence-corrected chi connectivity index (χ3v) is 6.13. The molecule has 3 aliphatic carbocycles. The summed E-state index contributed by atoms with van der Waals surface area (Å²) in [5.41, 5.74) is -0.237. The first-order valence-electron chi connectivity index (χ1n) is 9.73. The minimum Gasteiger partial charge on any atom is -0.385 e. The van der Waals surface area contributed by atoms with Crippen molar-refractivity contribution in [3.63, 3.8) is 0 Å². The van der Waals surface area contributed by atoms with Gasteiger partial charge < -0.3 is 15.4 Å². The standard InChI is InChI=1S/C19H32N2O3/c1-24-12-11-19(9-2-3-10-19)18(23)21-16-6-4-5-14(13-16)17(22)20-15-7-8-15/h14-16H,2-13H2,1H3,(H,20,22)(H,21,23)/t14-,16-/m1/s1. The first-order chi connectivity index (χ1) is 11.6. The molecule has 0 unspecified atom stereocenters. The van der Waals surface area contributed by atoms with Gasteiger partial charge in [-0.3, -0.25) is 9.59 Å². The van der Waals surface area contributed by atoms with E-state index < -0.39 is 0 Å². The van der Waals surface area contributed by atoms with Gasteiger partial charge >= 0.3 is 0 Å². The Labute approximate surface area is 145 Å².